The summed E-state index contributed by atoms with van der Waals surface area (Å²) in [5.74, 6) is -0.324. The van der Waals surface area contributed by atoms with Gasteiger partial charge >= 0.3 is 0 Å². The number of carbonyl (C=O) groups is 1. The molecule has 0 aliphatic carbocycles. The van der Waals surface area contributed by atoms with Crippen LogP contribution in [-0.4, -0.2) is 11.0 Å². The highest BCUT2D eigenvalue weighted by molar-refractivity contribution is 6.34. The van der Waals surface area contributed by atoms with Gasteiger partial charge in [0.15, 0.2) is 0 Å². The Kier molecular flexibility index (Phi) is 3.92. The molecule has 2 rings (SSSR count). The van der Waals surface area contributed by atoms with Crippen LogP contribution < -0.4 is 5.32 Å². The molecule has 2 N–H and O–H groups in total. The largest absolute Gasteiger partial charge is 0.508 e. The zero-order chi connectivity index (χ0) is 14.7. The quantitative estimate of drug-likeness (QED) is 0.887. The fourth-order valence-electron chi connectivity index (χ4n) is 1.63. The van der Waals surface area contributed by atoms with Crippen molar-refractivity contribution in [1.29, 1.82) is 5.26 Å². The molecule has 0 fully saturated rings. The number of anilines is 1. The molecule has 0 radical (unpaired) electrons. The number of phenolic OH excluding ortho intramolecular Hbond substituents is 1. The van der Waals surface area contributed by atoms with E-state index in [4.69, 9.17) is 16.9 Å². The number of amides is 1. The minimum Gasteiger partial charge on any atom is -0.508 e. The summed E-state index contributed by atoms with van der Waals surface area (Å²) in [7, 11) is 0. The number of halogens is 1. The first-order valence-electron chi connectivity index (χ1n) is 5.82. The molecule has 0 bridgehead atoms. The van der Waals surface area contributed by atoms with Gasteiger partial charge in [0.1, 0.15) is 5.75 Å². The first kappa shape index (κ1) is 13.9. The summed E-state index contributed by atoms with van der Waals surface area (Å²) in [5.41, 5.74) is 1.85. The number of hydrogen-bond acceptors (Lipinski definition) is 3. The maximum Gasteiger partial charge on any atom is 0.255 e. The Labute approximate surface area is 121 Å². The second-order valence-electron chi connectivity index (χ2n) is 4.26. The number of carbonyl (C=O) groups excluding carboxylic acids is 1. The second kappa shape index (κ2) is 5.64. The topological polar surface area (TPSA) is 73.1 Å². The molecule has 0 heterocycles. The molecular formula is C15H11ClN2O2. The summed E-state index contributed by atoms with van der Waals surface area (Å²) in [5, 5.41) is 21.3. The lowest BCUT2D eigenvalue weighted by molar-refractivity contribution is 0.102. The number of aromatic hydroxyl groups is 1. The van der Waals surface area contributed by atoms with Crippen LogP contribution in [0.15, 0.2) is 36.4 Å². The minimum absolute atomic E-state index is 0.0589. The molecule has 0 atom stereocenters. The van der Waals surface area contributed by atoms with Crippen LogP contribution >= 0.6 is 11.6 Å². The molecule has 5 heteroatoms. The van der Waals surface area contributed by atoms with E-state index < -0.39 is 0 Å². The molecule has 0 spiro atoms. The Bertz CT molecular complexity index is 720. The Morgan fingerprint density at radius 2 is 2.05 bits per heavy atom. The van der Waals surface area contributed by atoms with E-state index in [0.29, 0.717) is 22.4 Å². The van der Waals surface area contributed by atoms with Gasteiger partial charge < -0.3 is 10.4 Å². The smallest absolute Gasteiger partial charge is 0.255 e. The van der Waals surface area contributed by atoms with Gasteiger partial charge in [0.05, 0.1) is 22.3 Å². The molecule has 0 aromatic heterocycles. The van der Waals surface area contributed by atoms with Crippen molar-refractivity contribution < 1.29 is 9.90 Å². The number of benzene rings is 2. The Balaban J connectivity index is 2.23. The van der Waals surface area contributed by atoms with E-state index in [2.05, 4.69) is 5.32 Å². The van der Waals surface area contributed by atoms with Crippen molar-refractivity contribution in [3.8, 4) is 11.8 Å². The van der Waals surface area contributed by atoms with Crippen LogP contribution in [0.4, 0.5) is 5.69 Å². The average molecular weight is 287 g/mol. The molecule has 2 aromatic rings. The van der Waals surface area contributed by atoms with Crippen LogP contribution in [0.25, 0.3) is 0 Å². The summed E-state index contributed by atoms with van der Waals surface area (Å²) in [6, 6.07) is 11.2. The number of rotatable bonds is 2. The van der Waals surface area contributed by atoms with E-state index in [-0.39, 0.29) is 16.7 Å². The van der Waals surface area contributed by atoms with Crippen LogP contribution in [-0.2, 0) is 0 Å². The maximum absolute atomic E-state index is 12.0. The van der Waals surface area contributed by atoms with Crippen LogP contribution in [0.1, 0.15) is 21.5 Å². The van der Waals surface area contributed by atoms with E-state index in [1.807, 2.05) is 6.07 Å². The number of nitrogens with zero attached hydrogens (tertiary/aromatic N) is 1. The van der Waals surface area contributed by atoms with E-state index in [1.54, 1.807) is 31.2 Å². The van der Waals surface area contributed by atoms with Crippen molar-refractivity contribution in [2.75, 3.05) is 5.32 Å². The lowest BCUT2D eigenvalue weighted by Gasteiger charge is -2.08. The zero-order valence-corrected chi connectivity index (χ0v) is 11.4. The van der Waals surface area contributed by atoms with Gasteiger partial charge in [0.2, 0.25) is 0 Å². The first-order valence-corrected chi connectivity index (χ1v) is 6.19. The third-order valence-electron chi connectivity index (χ3n) is 2.82. The molecule has 20 heavy (non-hydrogen) atoms. The summed E-state index contributed by atoms with van der Waals surface area (Å²) in [6.07, 6.45) is 0. The predicted molar refractivity (Wildman–Crippen MR) is 77.0 cm³/mol. The number of aryl methyl sites for hydroxylation is 1. The molecule has 0 aliphatic rings. The van der Waals surface area contributed by atoms with Gasteiger partial charge in [-0.3, -0.25) is 4.79 Å². The van der Waals surface area contributed by atoms with Crippen molar-refractivity contribution in [2.24, 2.45) is 0 Å². The van der Waals surface area contributed by atoms with Crippen molar-refractivity contribution in [1.82, 2.24) is 0 Å². The SMILES string of the molecule is Cc1ccc(C(=O)Nc2ccc(C#N)cc2Cl)cc1O. The van der Waals surface area contributed by atoms with Crippen molar-refractivity contribution in [3.63, 3.8) is 0 Å². The van der Waals surface area contributed by atoms with Gasteiger partial charge in [-0.1, -0.05) is 17.7 Å². The lowest BCUT2D eigenvalue weighted by atomic mass is 10.1. The van der Waals surface area contributed by atoms with E-state index in [9.17, 15) is 9.90 Å². The fourth-order valence-corrected chi connectivity index (χ4v) is 1.86. The molecule has 100 valence electrons. The third-order valence-corrected chi connectivity index (χ3v) is 3.13. The second-order valence-corrected chi connectivity index (χ2v) is 4.67. The van der Waals surface area contributed by atoms with E-state index in [0.717, 1.165) is 0 Å². The standard InChI is InChI=1S/C15H11ClN2O2/c1-9-2-4-11(7-14(9)19)15(20)18-13-5-3-10(8-17)6-12(13)16/h2-7,19H,1H3,(H,18,20). The Morgan fingerprint density at radius 1 is 1.30 bits per heavy atom. The van der Waals surface area contributed by atoms with Crippen LogP contribution in [0, 0.1) is 18.3 Å². The van der Waals surface area contributed by atoms with Crippen molar-refractivity contribution in [2.45, 2.75) is 6.92 Å². The number of hydrogen-bond donors (Lipinski definition) is 2. The minimum atomic E-state index is -0.382. The monoisotopic (exact) mass is 286 g/mol. The highest BCUT2D eigenvalue weighted by Gasteiger charge is 2.10. The van der Waals surface area contributed by atoms with E-state index in [1.165, 1.54) is 12.1 Å². The van der Waals surface area contributed by atoms with Gasteiger partial charge in [0.25, 0.3) is 5.91 Å². The van der Waals surface area contributed by atoms with Crippen LogP contribution in [0.3, 0.4) is 0 Å². The number of nitrogens with one attached hydrogen (secondary N) is 1. The van der Waals surface area contributed by atoms with Crippen LogP contribution in [0.5, 0.6) is 5.75 Å². The zero-order valence-electron chi connectivity index (χ0n) is 10.6. The summed E-state index contributed by atoms with van der Waals surface area (Å²) < 4.78 is 0. The van der Waals surface area contributed by atoms with Crippen LogP contribution in [0.2, 0.25) is 5.02 Å². The molecule has 4 nitrogen and oxygen atoms in total. The van der Waals surface area contributed by atoms with E-state index >= 15 is 0 Å². The summed E-state index contributed by atoms with van der Waals surface area (Å²) >= 11 is 5.98. The highest BCUT2D eigenvalue weighted by atomic mass is 35.5. The summed E-state index contributed by atoms with van der Waals surface area (Å²) in [6.45, 7) is 1.74. The fraction of sp³-hybridized carbons (Fsp3) is 0.0667. The molecule has 0 aliphatic heterocycles. The Morgan fingerprint density at radius 3 is 2.65 bits per heavy atom. The maximum atomic E-state index is 12.0. The number of phenols is 1. The van der Waals surface area contributed by atoms with Gasteiger partial charge in [-0.05, 0) is 42.8 Å². The van der Waals surface area contributed by atoms with Gasteiger partial charge in [-0.15, -0.1) is 0 Å². The number of nitriles is 1. The third kappa shape index (κ3) is 2.90. The molecule has 1 amide bonds. The molecule has 0 unspecified atom stereocenters. The molecular weight excluding hydrogens is 276 g/mol. The van der Waals surface area contributed by atoms with Crippen molar-refractivity contribution in [3.05, 3.63) is 58.1 Å². The predicted octanol–water partition coefficient (Wildman–Crippen LogP) is 3.48. The van der Waals surface area contributed by atoms with Crippen molar-refractivity contribution >= 4 is 23.2 Å². The highest BCUT2D eigenvalue weighted by Crippen LogP contribution is 2.24. The van der Waals surface area contributed by atoms with Gasteiger partial charge in [-0.25, -0.2) is 0 Å². The van der Waals surface area contributed by atoms with Gasteiger partial charge in [-0.2, -0.15) is 5.26 Å². The molecule has 0 saturated carbocycles. The first-order chi connectivity index (χ1) is 9.51. The molecule has 2 aromatic carbocycles. The van der Waals surface area contributed by atoms with Gasteiger partial charge in [0, 0.05) is 5.56 Å². The normalized spacial score (nSPS) is 9.85. The Hall–Kier alpha value is -2.51. The lowest BCUT2D eigenvalue weighted by Crippen LogP contribution is -2.12. The molecule has 0 saturated heterocycles. The average Bonchev–Trinajstić information content (AvgIpc) is 2.43. The summed E-state index contributed by atoms with van der Waals surface area (Å²) in [4.78, 5) is 12.0.